The van der Waals surface area contributed by atoms with Gasteiger partial charge in [-0.05, 0) is 53.3 Å². The van der Waals surface area contributed by atoms with Crippen LogP contribution >= 0.6 is 34.4 Å². The first-order chi connectivity index (χ1) is 12.6. The summed E-state index contributed by atoms with van der Waals surface area (Å²) in [6.45, 7) is 2.50. The molecule has 26 heavy (non-hydrogen) atoms. The maximum atomic E-state index is 13.1. The molecule has 0 fully saturated rings. The molecule has 0 radical (unpaired) electrons. The van der Waals surface area contributed by atoms with Crippen LogP contribution in [0, 0.1) is 3.57 Å². The number of hydrogen-bond donors (Lipinski definition) is 0. The van der Waals surface area contributed by atoms with E-state index in [2.05, 4.69) is 27.6 Å². The van der Waals surface area contributed by atoms with Crippen molar-refractivity contribution < 1.29 is 9.53 Å². The van der Waals surface area contributed by atoms with Gasteiger partial charge < -0.3 is 4.74 Å². The van der Waals surface area contributed by atoms with Crippen molar-refractivity contribution in [1.29, 1.82) is 0 Å². The molecule has 7 heteroatoms. The summed E-state index contributed by atoms with van der Waals surface area (Å²) in [7, 11) is 0. The molecule has 0 atom stereocenters. The number of thioether (sulfide) groups is 1. The third-order valence-electron chi connectivity index (χ3n) is 3.69. The molecule has 0 saturated heterocycles. The Kier molecular flexibility index (Phi) is 6.31. The zero-order valence-electron chi connectivity index (χ0n) is 14.1. The van der Waals surface area contributed by atoms with E-state index >= 15 is 0 Å². The maximum absolute atomic E-state index is 13.1. The number of rotatable bonds is 6. The summed E-state index contributed by atoms with van der Waals surface area (Å²) in [6, 6.07) is 15.3. The van der Waals surface area contributed by atoms with Crippen LogP contribution in [0.1, 0.15) is 12.5 Å². The summed E-state index contributed by atoms with van der Waals surface area (Å²) in [5.41, 5.74) is 1.52. The van der Waals surface area contributed by atoms with E-state index in [0.29, 0.717) is 29.2 Å². The third-order valence-corrected chi connectivity index (χ3v) is 5.31. The molecule has 1 aromatic heterocycles. The summed E-state index contributed by atoms with van der Waals surface area (Å²) in [5, 5.41) is 1.09. The van der Waals surface area contributed by atoms with Gasteiger partial charge in [-0.15, -0.1) is 0 Å². The molecule has 0 bridgehead atoms. The number of esters is 1. The van der Waals surface area contributed by atoms with Crippen LogP contribution in [0.5, 0.6) is 0 Å². The average molecular weight is 480 g/mol. The Hall–Kier alpha value is -1.87. The maximum Gasteiger partial charge on any atom is 0.316 e. The van der Waals surface area contributed by atoms with Crippen molar-refractivity contribution in [3.8, 4) is 0 Å². The van der Waals surface area contributed by atoms with Crippen LogP contribution < -0.4 is 5.56 Å². The number of halogens is 1. The number of aromatic nitrogens is 2. The van der Waals surface area contributed by atoms with Crippen molar-refractivity contribution in [1.82, 2.24) is 9.55 Å². The van der Waals surface area contributed by atoms with Gasteiger partial charge in [0.15, 0.2) is 5.16 Å². The van der Waals surface area contributed by atoms with Crippen molar-refractivity contribution in [2.45, 2.75) is 18.6 Å². The molecule has 1 heterocycles. The highest BCUT2D eigenvalue weighted by Gasteiger charge is 2.14. The summed E-state index contributed by atoms with van der Waals surface area (Å²) < 4.78 is 7.58. The topological polar surface area (TPSA) is 61.2 Å². The van der Waals surface area contributed by atoms with E-state index in [1.807, 2.05) is 48.5 Å². The van der Waals surface area contributed by atoms with E-state index in [-0.39, 0.29) is 17.3 Å². The van der Waals surface area contributed by atoms with Crippen LogP contribution in [0.3, 0.4) is 0 Å². The Morgan fingerprint density at radius 2 is 2.00 bits per heavy atom. The fraction of sp³-hybridized carbons (Fsp3) is 0.211. The lowest BCUT2D eigenvalue weighted by Crippen LogP contribution is -2.24. The number of hydrogen-bond acceptors (Lipinski definition) is 5. The predicted octanol–water partition coefficient (Wildman–Crippen LogP) is 3.70. The van der Waals surface area contributed by atoms with Crippen molar-refractivity contribution >= 4 is 51.2 Å². The summed E-state index contributed by atoms with van der Waals surface area (Å²) in [4.78, 5) is 29.4. The normalized spacial score (nSPS) is 10.8. The largest absolute Gasteiger partial charge is 0.465 e. The summed E-state index contributed by atoms with van der Waals surface area (Å²) >= 11 is 3.40. The number of benzene rings is 2. The number of ether oxygens (including phenoxy) is 1. The number of carbonyl (C=O) groups excluding carboxylic acids is 1. The molecule has 0 saturated carbocycles. The Bertz CT molecular complexity index is 989. The Balaban J connectivity index is 2.05. The van der Waals surface area contributed by atoms with Crippen molar-refractivity contribution in [3.63, 3.8) is 0 Å². The van der Waals surface area contributed by atoms with Gasteiger partial charge in [0.05, 0.1) is 29.8 Å². The molecule has 0 amide bonds. The lowest BCUT2D eigenvalue weighted by atomic mass is 10.2. The second kappa shape index (κ2) is 8.68. The molecule has 0 unspecified atom stereocenters. The molecule has 0 aliphatic rings. The van der Waals surface area contributed by atoms with Gasteiger partial charge in [-0.25, -0.2) is 4.98 Å². The van der Waals surface area contributed by atoms with E-state index in [1.165, 1.54) is 11.8 Å². The van der Waals surface area contributed by atoms with Crippen molar-refractivity contribution in [2.75, 3.05) is 12.4 Å². The molecule has 0 spiro atoms. The quantitative estimate of drug-likeness (QED) is 0.233. The molecule has 0 N–H and O–H groups in total. The highest BCUT2D eigenvalue weighted by molar-refractivity contribution is 14.1. The first-order valence-electron chi connectivity index (χ1n) is 8.11. The van der Waals surface area contributed by atoms with Gasteiger partial charge in [-0.2, -0.15) is 0 Å². The fourth-order valence-electron chi connectivity index (χ4n) is 2.51. The minimum Gasteiger partial charge on any atom is -0.465 e. The van der Waals surface area contributed by atoms with Gasteiger partial charge in [-0.3, -0.25) is 14.2 Å². The molecule has 3 aromatic rings. The summed E-state index contributed by atoms with van der Waals surface area (Å²) in [6.07, 6.45) is 0. The first kappa shape index (κ1) is 18.9. The van der Waals surface area contributed by atoms with Gasteiger partial charge >= 0.3 is 5.97 Å². The highest BCUT2D eigenvalue weighted by atomic mass is 127. The fourth-order valence-corrected chi connectivity index (χ4v) is 3.80. The van der Waals surface area contributed by atoms with Crippen LogP contribution in [0.25, 0.3) is 10.9 Å². The molecule has 134 valence electrons. The molecule has 2 aromatic carbocycles. The standard InChI is InChI=1S/C19H17IN2O3S/c1-2-25-17(23)12-26-19-21-16-9-8-14(20)10-15(16)18(24)22(19)11-13-6-4-3-5-7-13/h3-10H,2,11-12H2,1H3. The van der Waals surface area contributed by atoms with Gasteiger partial charge in [-0.1, -0.05) is 42.1 Å². The van der Waals surface area contributed by atoms with Gasteiger partial charge in [0.1, 0.15) is 0 Å². The van der Waals surface area contributed by atoms with Crippen LogP contribution in [-0.2, 0) is 16.1 Å². The Labute approximate surface area is 168 Å². The Morgan fingerprint density at radius 1 is 1.23 bits per heavy atom. The molecule has 0 aliphatic heterocycles. The van der Waals surface area contributed by atoms with E-state index in [9.17, 15) is 9.59 Å². The predicted molar refractivity (Wildman–Crippen MR) is 112 cm³/mol. The highest BCUT2D eigenvalue weighted by Crippen LogP contribution is 2.20. The summed E-state index contributed by atoms with van der Waals surface area (Å²) in [5.74, 6) is -0.203. The second-order valence-electron chi connectivity index (χ2n) is 5.53. The Morgan fingerprint density at radius 3 is 2.73 bits per heavy atom. The van der Waals surface area contributed by atoms with E-state index in [0.717, 1.165) is 9.13 Å². The zero-order valence-corrected chi connectivity index (χ0v) is 17.1. The third kappa shape index (κ3) is 4.45. The number of carbonyl (C=O) groups is 1. The molecule has 0 aliphatic carbocycles. The van der Waals surface area contributed by atoms with Crippen molar-refractivity contribution in [2.24, 2.45) is 0 Å². The lowest BCUT2D eigenvalue weighted by molar-refractivity contribution is -0.139. The average Bonchev–Trinajstić information content (AvgIpc) is 2.64. The lowest BCUT2D eigenvalue weighted by Gasteiger charge is -2.13. The van der Waals surface area contributed by atoms with E-state index in [1.54, 1.807) is 11.5 Å². The van der Waals surface area contributed by atoms with Crippen LogP contribution in [0.4, 0.5) is 0 Å². The van der Waals surface area contributed by atoms with E-state index < -0.39 is 0 Å². The van der Waals surface area contributed by atoms with Crippen LogP contribution in [0.15, 0.2) is 58.5 Å². The molecular weight excluding hydrogens is 463 g/mol. The smallest absolute Gasteiger partial charge is 0.316 e. The first-order valence-corrected chi connectivity index (χ1v) is 10.2. The monoisotopic (exact) mass is 480 g/mol. The minimum absolute atomic E-state index is 0.108. The van der Waals surface area contributed by atoms with Gasteiger partial charge in [0, 0.05) is 3.57 Å². The number of fused-ring (bicyclic) bond motifs is 1. The second-order valence-corrected chi connectivity index (χ2v) is 7.71. The van der Waals surface area contributed by atoms with Gasteiger partial charge in [0.2, 0.25) is 0 Å². The van der Waals surface area contributed by atoms with Crippen LogP contribution in [-0.4, -0.2) is 27.9 Å². The molecule has 3 rings (SSSR count). The molecule has 5 nitrogen and oxygen atoms in total. The van der Waals surface area contributed by atoms with Gasteiger partial charge in [0.25, 0.3) is 5.56 Å². The number of nitrogens with zero attached hydrogens (tertiary/aromatic N) is 2. The van der Waals surface area contributed by atoms with Crippen molar-refractivity contribution in [3.05, 3.63) is 68.0 Å². The zero-order chi connectivity index (χ0) is 18.5. The SMILES string of the molecule is CCOC(=O)CSc1nc2ccc(I)cc2c(=O)n1Cc1ccccc1. The van der Waals surface area contributed by atoms with E-state index in [4.69, 9.17) is 4.74 Å². The minimum atomic E-state index is -0.319. The molecular formula is C19H17IN2O3S. The van der Waals surface area contributed by atoms with Crippen LogP contribution in [0.2, 0.25) is 0 Å².